The van der Waals surface area contributed by atoms with E-state index < -0.39 is 15.7 Å². The molecule has 0 amide bonds. The van der Waals surface area contributed by atoms with Crippen molar-refractivity contribution in [2.75, 3.05) is 0 Å². The zero-order valence-corrected chi connectivity index (χ0v) is 17.3. The van der Waals surface area contributed by atoms with Gasteiger partial charge in [0, 0.05) is 5.56 Å². The molecule has 0 N–H and O–H groups in total. The lowest BCUT2D eigenvalue weighted by molar-refractivity contribution is 0.605. The Bertz CT molecular complexity index is 1170. The van der Waals surface area contributed by atoms with E-state index in [-0.39, 0.29) is 19.2 Å². The molecule has 0 heterocycles. The van der Waals surface area contributed by atoms with Crippen molar-refractivity contribution >= 4 is 37.3 Å². The van der Waals surface area contributed by atoms with Gasteiger partial charge in [0.25, 0.3) is 0 Å². The van der Waals surface area contributed by atoms with Crippen LogP contribution in [0.1, 0.15) is 11.1 Å². The molecule has 0 fully saturated rings. The first-order valence-corrected chi connectivity index (χ1v) is 10.7. The third-order valence-corrected chi connectivity index (χ3v) is 6.83. The molecular formula is C22H13F2IO2S. The lowest BCUT2D eigenvalue weighted by Gasteiger charge is -2.11. The van der Waals surface area contributed by atoms with Crippen LogP contribution in [-0.4, -0.2) is 8.42 Å². The Morgan fingerprint density at radius 2 is 1.32 bits per heavy atom. The highest BCUT2D eigenvalue weighted by molar-refractivity contribution is 14.1. The SMILES string of the molecule is O=S(=O)(/C(=C(/I)C#Cc1ccc(F)cc1)c1ccc(F)cc1)c1ccccc1. The number of halogens is 3. The summed E-state index contributed by atoms with van der Waals surface area (Å²) in [6.45, 7) is 0. The van der Waals surface area contributed by atoms with Crippen molar-refractivity contribution < 1.29 is 17.2 Å². The average Bonchev–Trinajstić information content (AvgIpc) is 2.70. The fourth-order valence-electron chi connectivity index (χ4n) is 2.44. The van der Waals surface area contributed by atoms with Gasteiger partial charge in [0.2, 0.25) is 9.84 Å². The standard InChI is InChI=1S/C22H13F2IO2S/c23-18-11-6-16(7-12-18)8-15-21(25)22(17-9-13-19(24)14-10-17)28(26,27)20-4-2-1-3-5-20/h1-7,9-14H/b22-21+. The lowest BCUT2D eigenvalue weighted by atomic mass is 10.2. The Balaban J connectivity index is 2.17. The number of benzene rings is 3. The molecule has 0 saturated heterocycles. The zero-order valence-electron chi connectivity index (χ0n) is 14.4. The molecule has 28 heavy (non-hydrogen) atoms. The number of rotatable bonds is 3. The fraction of sp³-hybridized carbons (Fsp3) is 0. The van der Waals surface area contributed by atoms with E-state index in [2.05, 4.69) is 11.8 Å². The Kier molecular flexibility index (Phi) is 6.27. The molecule has 0 aliphatic heterocycles. The van der Waals surface area contributed by atoms with Crippen molar-refractivity contribution in [2.24, 2.45) is 0 Å². The van der Waals surface area contributed by atoms with Gasteiger partial charge in [0.1, 0.15) is 16.5 Å². The maximum atomic E-state index is 13.3. The van der Waals surface area contributed by atoms with Crippen LogP contribution in [0.2, 0.25) is 0 Å². The number of allylic oxidation sites excluding steroid dienone is 1. The van der Waals surface area contributed by atoms with Gasteiger partial charge in [0.05, 0.1) is 8.48 Å². The van der Waals surface area contributed by atoms with Crippen LogP contribution in [0.5, 0.6) is 0 Å². The summed E-state index contributed by atoms with van der Waals surface area (Å²) in [4.78, 5) is 0.112. The second kappa shape index (κ2) is 8.67. The minimum Gasteiger partial charge on any atom is -0.218 e. The molecule has 0 aromatic heterocycles. The van der Waals surface area contributed by atoms with E-state index in [1.54, 1.807) is 18.2 Å². The molecule has 0 aliphatic carbocycles. The van der Waals surface area contributed by atoms with Crippen LogP contribution in [0, 0.1) is 23.5 Å². The third-order valence-electron chi connectivity index (χ3n) is 3.79. The van der Waals surface area contributed by atoms with Gasteiger partial charge >= 0.3 is 0 Å². The summed E-state index contributed by atoms with van der Waals surface area (Å²) in [5, 5.41) is 0. The van der Waals surface area contributed by atoms with Crippen molar-refractivity contribution in [1.82, 2.24) is 0 Å². The monoisotopic (exact) mass is 506 g/mol. The minimum atomic E-state index is -3.89. The molecule has 0 spiro atoms. The molecular weight excluding hydrogens is 493 g/mol. The lowest BCUT2D eigenvalue weighted by Crippen LogP contribution is -2.05. The maximum Gasteiger partial charge on any atom is 0.208 e. The van der Waals surface area contributed by atoms with Crippen LogP contribution in [0.15, 0.2) is 87.3 Å². The summed E-state index contributed by atoms with van der Waals surface area (Å²) in [5.41, 5.74) is 0.884. The summed E-state index contributed by atoms with van der Waals surface area (Å²) >= 11 is 1.86. The molecule has 2 nitrogen and oxygen atoms in total. The molecule has 0 atom stereocenters. The summed E-state index contributed by atoms with van der Waals surface area (Å²) in [5.74, 6) is 4.82. The average molecular weight is 506 g/mol. The zero-order chi connectivity index (χ0) is 20.1. The number of hydrogen-bond donors (Lipinski definition) is 0. The predicted molar refractivity (Wildman–Crippen MR) is 114 cm³/mol. The molecule has 140 valence electrons. The molecule has 6 heteroatoms. The van der Waals surface area contributed by atoms with Gasteiger partial charge in [-0.3, -0.25) is 0 Å². The predicted octanol–water partition coefficient (Wildman–Crippen LogP) is 5.59. The van der Waals surface area contributed by atoms with Gasteiger partial charge in [-0.25, -0.2) is 17.2 Å². The van der Waals surface area contributed by atoms with E-state index in [0.717, 1.165) is 0 Å². The molecule has 0 radical (unpaired) electrons. The number of sulfone groups is 1. The van der Waals surface area contributed by atoms with E-state index in [4.69, 9.17) is 0 Å². The van der Waals surface area contributed by atoms with Crippen LogP contribution in [0.3, 0.4) is 0 Å². The molecule has 0 unspecified atom stereocenters. The molecule has 0 aliphatic rings. The first-order chi connectivity index (χ1) is 13.4. The molecule has 0 bridgehead atoms. The van der Waals surface area contributed by atoms with Crippen LogP contribution < -0.4 is 0 Å². The van der Waals surface area contributed by atoms with E-state index in [0.29, 0.717) is 11.1 Å². The molecule has 0 saturated carbocycles. The normalized spacial score (nSPS) is 12.0. The highest BCUT2D eigenvalue weighted by Gasteiger charge is 2.25. The van der Waals surface area contributed by atoms with Gasteiger partial charge in [-0.05, 0) is 76.7 Å². The van der Waals surface area contributed by atoms with Gasteiger partial charge in [0.15, 0.2) is 0 Å². The van der Waals surface area contributed by atoms with Gasteiger partial charge in [-0.15, -0.1) is 0 Å². The summed E-state index contributed by atoms with van der Waals surface area (Å²) in [6.07, 6.45) is 0. The van der Waals surface area contributed by atoms with E-state index in [9.17, 15) is 17.2 Å². The van der Waals surface area contributed by atoms with Crippen LogP contribution in [0.4, 0.5) is 8.78 Å². The second-order valence-corrected chi connectivity index (χ2v) is 8.69. The van der Waals surface area contributed by atoms with Gasteiger partial charge < -0.3 is 0 Å². The second-order valence-electron chi connectivity index (χ2n) is 5.72. The van der Waals surface area contributed by atoms with Crippen LogP contribution >= 0.6 is 22.6 Å². The Labute approximate surface area is 176 Å². The first-order valence-electron chi connectivity index (χ1n) is 8.11. The van der Waals surface area contributed by atoms with E-state index in [1.165, 1.54) is 60.7 Å². The Hall–Kier alpha value is -2.50. The van der Waals surface area contributed by atoms with Crippen molar-refractivity contribution in [2.45, 2.75) is 4.90 Å². The Morgan fingerprint density at radius 3 is 1.89 bits per heavy atom. The van der Waals surface area contributed by atoms with Crippen LogP contribution in [0.25, 0.3) is 4.91 Å². The fourth-order valence-corrected chi connectivity index (χ4v) is 5.24. The van der Waals surface area contributed by atoms with Crippen LogP contribution in [-0.2, 0) is 9.84 Å². The quantitative estimate of drug-likeness (QED) is 0.343. The molecule has 3 aromatic rings. The smallest absolute Gasteiger partial charge is 0.208 e. The largest absolute Gasteiger partial charge is 0.218 e. The molecule has 3 rings (SSSR count). The van der Waals surface area contributed by atoms with E-state index in [1.807, 2.05) is 22.6 Å². The van der Waals surface area contributed by atoms with Gasteiger partial charge in [-0.2, -0.15) is 0 Å². The summed E-state index contributed by atoms with van der Waals surface area (Å²) in [6, 6.07) is 18.8. The molecule has 3 aromatic carbocycles. The third kappa shape index (κ3) is 4.66. The topological polar surface area (TPSA) is 34.1 Å². The van der Waals surface area contributed by atoms with E-state index >= 15 is 0 Å². The number of hydrogen-bond acceptors (Lipinski definition) is 2. The maximum absolute atomic E-state index is 13.3. The summed E-state index contributed by atoms with van der Waals surface area (Å²) in [7, 11) is -3.89. The first kappa shape index (κ1) is 20.2. The minimum absolute atomic E-state index is 0.00564. The van der Waals surface area contributed by atoms with Crippen molar-refractivity contribution in [3.05, 3.63) is 105 Å². The van der Waals surface area contributed by atoms with Crippen molar-refractivity contribution in [3.63, 3.8) is 0 Å². The van der Waals surface area contributed by atoms with Crippen molar-refractivity contribution in [1.29, 1.82) is 0 Å². The highest BCUT2D eigenvalue weighted by Crippen LogP contribution is 2.33. The van der Waals surface area contributed by atoms with Gasteiger partial charge in [-0.1, -0.05) is 42.2 Å². The van der Waals surface area contributed by atoms with Crippen molar-refractivity contribution in [3.8, 4) is 11.8 Å². The summed E-state index contributed by atoms with van der Waals surface area (Å²) < 4.78 is 53.1. The highest BCUT2D eigenvalue weighted by atomic mass is 127. The Morgan fingerprint density at radius 1 is 0.786 bits per heavy atom.